The molecule has 146 valence electrons. The van der Waals surface area contributed by atoms with Crippen LogP contribution >= 0.6 is 0 Å². The van der Waals surface area contributed by atoms with Crippen LogP contribution in [0.2, 0.25) is 0 Å². The van der Waals surface area contributed by atoms with E-state index in [1.54, 1.807) is 30.1 Å². The summed E-state index contributed by atoms with van der Waals surface area (Å²) in [5, 5.41) is 17.3. The number of nitrogens with one attached hydrogen (secondary N) is 1. The number of aliphatic hydroxyl groups is 1. The van der Waals surface area contributed by atoms with E-state index in [1.165, 1.54) is 0 Å². The summed E-state index contributed by atoms with van der Waals surface area (Å²) < 4.78 is 1.72. The summed E-state index contributed by atoms with van der Waals surface area (Å²) in [6.45, 7) is -0.138. The highest BCUT2D eigenvalue weighted by Crippen LogP contribution is 2.25. The van der Waals surface area contributed by atoms with Crippen molar-refractivity contribution in [2.45, 2.75) is 12.6 Å². The Morgan fingerprint density at radius 1 is 1.17 bits per heavy atom. The van der Waals surface area contributed by atoms with Crippen molar-refractivity contribution in [3.63, 3.8) is 0 Å². The number of benzene rings is 1. The maximum Gasteiger partial charge on any atom is 0.242 e. The maximum atomic E-state index is 11.8. The lowest BCUT2D eigenvalue weighted by atomic mass is 10.1. The van der Waals surface area contributed by atoms with E-state index in [1.807, 2.05) is 42.5 Å². The van der Waals surface area contributed by atoms with Crippen LogP contribution in [0.5, 0.6) is 0 Å². The van der Waals surface area contributed by atoms with Gasteiger partial charge in [-0.15, -0.1) is 0 Å². The van der Waals surface area contributed by atoms with E-state index in [2.05, 4.69) is 20.4 Å². The van der Waals surface area contributed by atoms with Gasteiger partial charge in [-0.05, 0) is 30.3 Å². The molecule has 0 spiro atoms. The molecule has 0 radical (unpaired) electrons. The van der Waals surface area contributed by atoms with Gasteiger partial charge in [-0.2, -0.15) is 5.10 Å². The van der Waals surface area contributed by atoms with Gasteiger partial charge in [0, 0.05) is 18.0 Å². The SMILES string of the molecule is CNC(=O)C(N)c1cccc(-c2ccc3cnn(-c4cccc(CO)n4)c3c2)n1. The van der Waals surface area contributed by atoms with Crippen LogP contribution in [0.25, 0.3) is 28.0 Å². The molecule has 0 aliphatic rings. The van der Waals surface area contributed by atoms with Crippen molar-refractivity contribution in [2.75, 3.05) is 7.05 Å². The molecule has 4 rings (SSSR count). The number of aliphatic hydroxyl groups excluding tert-OH is 1. The number of carbonyl (C=O) groups is 1. The second kappa shape index (κ2) is 7.78. The number of aromatic nitrogens is 4. The molecule has 1 atom stereocenters. The van der Waals surface area contributed by atoms with E-state index in [9.17, 15) is 9.90 Å². The molecule has 3 heterocycles. The van der Waals surface area contributed by atoms with Crippen LogP contribution in [-0.2, 0) is 11.4 Å². The normalized spacial score (nSPS) is 12.1. The number of likely N-dealkylation sites (N-methyl/N-ethyl adjacent to an activating group) is 1. The Morgan fingerprint density at radius 3 is 2.79 bits per heavy atom. The fourth-order valence-corrected chi connectivity index (χ4v) is 3.11. The van der Waals surface area contributed by atoms with Crippen molar-refractivity contribution in [1.82, 2.24) is 25.1 Å². The first-order valence-electron chi connectivity index (χ1n) is 9.10. The lowest BCUT2D eigenvalue weighted by Gasteiger charge is -2.11. The molecule has 4 aromatic rings. The molecule has 0 bridgehead atoms. The van der Waals surface area contributed by atoms with Gasteiger partial charge in [0.05, 0.1) is 35.4 Å². The molecular formula is C21H20N6O2. The number of pyridine rings is 2. The van der Waals surface area contributed by atoms with E-state index in [-0.39, 0.29) is 12.5 Å². The molecule has 0 aliphatic carbocycles. The minimum Gasteiger partial charge on any atom is -0.390 e. The highest BCUT2D eigenvalue weighted by molar-refractivity contribution is 5.85. The van der Waals surface area contributed by atoms with Gasteiger partial charge >= 0.3 is 0 Å². The van der Waals surface area contributed by atoms with Crippen LogP contribution < -0.4 is 11.1 Å². The molecule has 8 heteroatoms. The van der Waals surface area contributed by atoms with Crippen molar-refractivity contribution < 1.29 is 9.90 Å². The number of fused-ring (bicyclic) bond motifs is 1. The molecular weight excluding hydrogens is 368 g/mol. The van der Waals surface area contributed by atoms with Gasteiger partial charge < -0.3 is 16.2 Å². The predicted molar refractivity (Wildman–Crippen MR) is 109 cm³/mol. The zero-order chi connectivity index (χ0) is 20.4. The van der Waals surface area contributed by atoms with E-state index in [0.29, 0.717) is 22.9 Å². The van der Waals surface area contributed by atoms with Crippen molar-refractivity contribution in [3.05, 3.63) is 72.2 Å². The van der Waals surface area contributed by atoms with Gasteiger partial charge in [0.15, 0.2) is 5.82 Å². The first-order valence-corrected chi connectivity index (χ1v) is 9.10. The van der Waals surface area contributed by atoms with Crippen molar-refractivity contribution in [2.24, 2.45) is 5.73 Å². The fourth-order valence-electron chi connectivity index (χ4n) is 3.11. The number of hydrogen-bond donors (Lipinski definition) is 3. The summed E-state index contributed by atoms with van der Waals surface area (Å²) in [5.41, 5.74) is 9.46. The van der Waals surface area contributed by atoms with Crippen LogP contribution in [0, 0.1) is 0 Å². The van der Waals surface area contributed by atoms with Crippen LogP contribution in [0.1, 0.15) is 17.4 Å². The molecule has 0 saturated carbocycles. The molecule has 0 aliphatic heterocycles. The lowest BCUT2D eigenvalue weighted by molar-refractivity contribution is -0.122. The Kier molecular flexibility index (Phi) is 5.03. The van der Waals surface area contributed by atoms with Crippen LogP contribution in [0.3, 0.4) is 0 Å². The number of nitrogens with two attached hydrogens (primary N) is 1. The average Bonchev–Trinajstić information content (AvgIpc) is 3.21. The number of carbonyl (C=O) groups excluding carboxylic acids is 1. The number of amides is 1. The summed E-state index contributed by atoms with van der Waals surface area (Å²) in [6, 6.07) is 15.9. The summed E-state index contributed by atoms with van der Waals surface area (Å²) in [4.78, 5) is 20.8. The van der Waals surface area contributed by atoms with Gasteiger partial charge in [0.25, 0.3) is 0 Å². The third kappa shape index (κ3) is 3.58. The first kappa shape index (κ1) is 18.7. The highest BCUT2D eigenvalue weighted by Gasteiger charge is 2.16. The zero-order valence-electron chi connectivity index (χ0n) is 15.8. The highest BCUT2D eigenvalue weighted by atomic mass is 16.3. The smallest absolute Gasteiger partial charge is 0.242 e. The van der Waals surface area contributed by atoms with Crippen LogP contribution in [0.4, 0.5) is 0 Å². The first-order chi connectivity index (χ1) is 14.1. The Labute approximate surface area is 167 Å². The Balaban J connectivity index is 1.77. The molecule has 1 amide bonds. The predicted octanol–water partition coefficient (Wildman–Crippen LogP) is 1.72. The Hall–Kier alpha value is -3.62. The minimum atomic E-state index is -0.834. The van der Waals surface area contributed by atoms with E-state index < -0.39 is 6.04 Å². The third-order valence-corrected chi connectivity index (χ3v) is 4.66. The molecule has 3 aromatic heterocycles. The minimum absolute atomic E-state index is 0.138. The summed E-state index contributed by atoms with van der Waals surface area (Å²) in [6.07, 6.45) is 1.76. The molecule has 0 fully saturated rings. The number of rotatable bonds is 5. The van der Waals surface area contributed by atoms with Crippen LogP contribution in [-0.4, -0.2) is 37.8 Å². The number of hydrogen-bond acceptors (Lipinski definition) is 6. The van der Waals surface area contributed by atoms with Gasteiger partial charge in [0.1, 0.15) is 6.04 Å². The molecule has 0 saturated heterocycles. The lowest BCUT2D eigenvalue weighted by Crippen LogP contribution is -2.32. The van der Waals surface area contributed by atoms with Crippen LogP contribution in [0.15, 0.2) is 60.8 Å². The summed E-state index contributed by atoms with van der Waals surface area (Å²) in [5.74, 6) is 0.324. The average molecular weight is 388 g/mol. The quantitative estimate of drug-likeness (QED) is 0.479. The molecule has 8 nitrogen and oxygen atoms in total. The number of nitrogens with zero attached hydrogens (tertiary/aromatic N) is 4. The second-order valence-corrected chi connectivity index (χ2v) is 6.51. The van der Waals surface area contributed by atoms with Gasteiger partial charge in [0.2, 0.25) is 5.91 Å². The van der Waals surface area contributed by atoms with E-state index in [0.717, 1.165) is 16.5 Å². The van der Waals surface area contributed by atoms with Gasteiger partial charge in [-0.1, -0.05) is 24.3 Å². The monoisotopic (exact) mass is 388 g/mol. The Bertz CT molecular complexity index is 1190. The largest absolute Gasteiger partial charge is 0.390 e. The standard InChI is InChI=1S/C21H20N6O2/c1-23-21(29)20(22)17-6-3-5-16(26-17)13-8-9-14-11-24-27(18(14)10-13)19-7-2-4-15(12-28)25-19/h2-11,20,28H,12,22H2,1H3,(H,23,29). The summed E-state index contributed by atoms with van der Waals surface area (Å²) >= 11 is 0. The fraction of sp³-hybridized carbons (Fsp3) is 0.143. The third-order valence-electron chi connectivity index (χ3n) is 4.66. The maximum absolute atomic E-state index is 11.8. The molecule has 4 N–H and O–H groups in total. The molecule has 1 unspecified atom stereocenters. The molecule has 29 heavy (non-hydrogen) atoms. The topological polar surface area (TPSA) is 119 Å². The van der Waals surface area contributed by atoms with Crippen molar-refractivity contribution in [3.8, 4) is 17.1 Å². The Morgan fingerprint density at radius 2 is 2.00 bits per heavy atom. The zero-order valence-corrected chi connectivity index (χ0v) is 15.8. The van der Waals surface area contributed by atoms with Gasteiger partial charge in [-0.3, -0.25) is 9.78 Å². The van der Waals surface area contributed by atoms with E-state index in [4.69, 9.17) is 5.73 Å². The van der Waals surface area contributed by atoms with Crippen molar-refractivity contribution >= 4 is 16.8 Å². The van der Waals surface area contributed by atoms with E-state index >= 15 is 0 Å². The van der Waals surface area contributed by atoms with Crippen molar-refractivity contribution in [1.29, 1.82) is 0 Å². The second-order valence-electron chi connectivity index (χ2n) is 6.51. The summed E-state index contributed by atoms with van der Waals surface area (Å²) in [7, 11) is 1.54. The molecule has 1 aromatic carbocycles. The van der Waals surface area contributed by atoms with Gasteiger partial charge in [-0.25, -0.2) is 9.67 Å².